The second-order valence-corrected chi connectivity index (χ2v) is 6.22. The van der Waals surface area contributed by atoms with Crippen LogP contribution in [0.5, 0.6) is 0 Å². The number of amides is 1. The summed E-state index contributed by atoms with van der Waals surface area (Å²) in [7, 11) is -4.11. The maximum absolute atomic E-state index is 11.6. The van der Waals surface area contributed by atoms with E-state index in [-0.39, 0.29) is 0 Å². The second kappa shape index (κ2) is 3.56. The largest absolute Gasteiger partial charge is 0.480 e. The summed E-state index contributed by atoms with van der Waals surface area (Å²) < 4.78 is 21.1. The molecule has 0 fully saturated rings. The third kappa shape index (κ3) is 1.87. The van der Waals surface area contributed by atoms with E-state index in [9.17, 15) is 18.0 Å². The minimum Gasteiger partial charge on any atom is -0.480 e. The van der Waals surface area contributed by atoms with Gasteiger partial charge in [0.1, 0.15) is 5.25 Å². The van der Waals surface area contributed by atoms with E-state index in [0.717, 1.165) is 20.8 Å². The molecule has 1 unspecified atom stereocenters. The molecule has 0 saturated carbocycles. The number of carboxylic acids is 1. The monoisotopic (exact) mass is 223 g/mol. The summed E-state index contributed by atoms with van der Waals surface area (Å²) in [5.41, 5.74) is 4.81. The van der Waals surface area contributed by atoms with Crippen molar-refractivity contribution in [1.82, 2.24) is 0 Å². The number of aliphatic carboxylic acids is 1. The van der Waals surface area contributed by atoms with E-state index in [1.165, 1.54) is 0 Å². The molecular weight excluding hydrogens is 210 g/mol. The Morgan fingerprint density at radius 3 is 1.93 bits per heavy atom. The summed E-state index contributed by atoms with van der Waals surface area (Å²) in [6.07, 6.45) is 0. The molecule has 0 rings (SSSR count). The van der Waals surface area contributed by atoms with Gasteiger partial charge in [-0.2, -0.15) is 0 Å². The van der Waals surface area contributed by atoms with Crippen molar-refractivity contribution in [2.24, 2.45) is 5.73 Å². The van der Waals surface area contributed by atoms with E-state index in [1.807, 2.05) is 0 Å². The molecule has 0 spiro atoms. The van der Waals surface area contributed by atoms with Gasteiger partial charge in [-0.1, -0.05) is 0 Å². The van der Waals surface area contributed by atoms with Crippen molar-refractivity contribution in [2.75, 3.05) is 0 Å². The Hall–Kier alpha value is -1.11. The van der Waals surface area contributed by atoms with E-state index < -0.39 is 31.7 Å². The molecule has 0 aromatic heterocycles. The lowest BCUT2D eigenvalue weighted by Crippen LogP contribution is -2.49. The van der Waals surface area contributed by atoms with Gasteiger partial charge in [0, 0.05) is 0 Å². The Morgan fingerprint density at radius 1 is 1.36 bits per heavy atom. The Morgan fingerprint density at radius 2 is 1.71 bits per heavy atom. The smallest absolute Gasteiger partial charge is 0.324 e. The average Bonchev–Trinajstić information content (AvgIpc) is 2.01. The van der Waals surface area contributed by atoms with Crippen molar-refractivity contribution in [1.29, 1.82) is 0 Å². The first-order chi connectivity index (χ1) is 6.05. The SMILES string of the molecule is CC(C(N)=O)S(=O)(=O)C(C)(C)C(=O)O. The molecule has 0 aromatic rings. The van der Waals surface area contributed by atoms with Gasteiger partial charge in [0.05, 0.1) is 0 Å². The maximum Gasteiger partial charge on any atom is 0.324 e. The number of sulfone groups is 1. The molecule has 0 saturated heterocycles. The van der Waals surface area contributed by atoms with Gasteiger partial charge in [-0.05, 0) is 20.8 Å². The summed E-state index contributed by atoms with van der Waals surface area (Å²) in [4.78, 5) is 21.3. The van der Waals surface area contributed by atoms with Gasteiger partial charge in [-0.15, -0.1) is 0 Å². The average molecular weight is 223 g/mol. The lowest BCUT2D eigenvalue weighted by molar-refractivity contribution is -0.139. The topological polar surface area (TPSA) is 115 Å². The summed E-state index contributed by atoms with van der Waals surface area (Å²) in [6.45, 7) is 3.11. The third-order valence-corrected chi connectivity index (χ3v) is 4.85. The van der Waals surface area contributed by atoms with Crippen LogP contribution in [0.4, 0.5) is 0 Å². The van der Waals surface area contributed by atoms with Gasteiger partial charge in [0.15, 0.2) is 14.6 Å². The highest BCUT2D eigenvalue weighted by Crippen LogP contribution is 2.21. The molecule has 0 bridgehead atoms. The van der Waals surface area contributed by atoms with E-state index in [2.05, 4.69) is 0 Å². The predicted octanol–water partition coefficient (Wildman–Crippen LogP) is -0.862. The first kappa shape index (κ1) is 12.9. The van der Waals surface area contributed by atoms with Crippen LogP contribution >= 0.6 is 0 Å². The molecule has 7 heteroatoms. The molecule has 6 nitrogen and oxygen atoms in total. The molecule has 0 radical (unpaired) electrons. The highest BCUT2D eigenvalue weighted by Gasteiger charge is 2.46. The van der Waals surface area contributed by atoms with E-state index in [0.29, 0.717) is 0 Å². The van der Waals surface area contributed by atoms with Crippen molar-refractivity contribution < 1.29 is 23.1 Å². The van der Waals surface area contributed by atoms with Crippen LogP contribution < -0.4 is 5.73 Å². The van der Waals surface area contributed by atoms with Crippen LogP contribution in [0.3, 0.4) is 0 Å². The number of hydrogen-bond donors (Lipinski definition) is 2. The van der Waals surface area contributed by atoms with Crippen molar-refractivity contribution in [3.8, 4) is 0 Å². The molecule has 0 aliphatic heterocycles. The van der Waals surface area contributed by atoms with Crippen molar-refractivity contribution >= 4 is 21.7 Å². The number of carboxylic acid groups (broad SMARTS) is 1. The van der Waals surface area contributed by atoms with Crippen molar-refractivity contribution in [2.45, 2.75) is 30.8 Å². The second-order valence-electron chi connectivity index (χ2n) is 3.41. The fourth-order valence-corrected chi connectivity index (χ4v) is 2.15. The summed E-state index contributed by atoms with van der Waals surface area (Å²) >= 11 is 0. The first-order valence-corrected chi connectivity index (χ1v) is 5.36. The molecule has 0 aliphatic carbocycles. The number of nitrogens with two attached hydrogens (primary N) is 1. The highest BCUT2D eigenvalue weighted by molar-refractivity contribution is 7.94. The van der Waals surface area contributed by atoms with Crippen LogP contribution in [0.1, 0.15) is 20.8 Å². The van der Waals surface area contributed by atoms with Crippen LogP contribution in [0.2, 0.25) is 0 Å². The van der Waals surface area contributed by atoms with E-state index in [4.69, 9.17) is 10.8 Å². The third-order valence-electron chi connectivity index (χ3n) is 2.09. The van der Waals surface area contributed by atoms with Crippen molar-refractivity contribution in [3.05, 3.63) is 0 Å². The van der Waals surface area contributed by atoms with E-state index in [1.54, 1.807) is 0 Å². The number of rotatable bonds is 4. The normalized spacial score (nSPS) is 14.8. The molecule has 3 N–H and O–H groups in total. The van der Waals surface area contributed by atoms with Crippen LogP contribution in [0.15, 0.2) is 0 Å². The lowest BCUT2D eigenvalue weighted by Gasteiger charge is -2.22. The Labute approximate surface area is 82.0 Å². The highest BCUT2D eigenvalue weighted by atomic mass is 32.2. The number of hydrogen-bond acceptors (Lipinski definition) is 4. The fraction of sp³-hybridized carbons (Fsp3) is 0.714. The van der Waals surface area contributed by atoms with Gasteiger partial charge in [-0.25, -0.2) is 8.42 Å². The van der Waals surface area contributed by atoms with Crippen molar-refractivity contribution in [3.63, 3.8) is 0 Å². The number of primary amides is 1. The molecular formula is C7H13NO5S. The first-order valence-electron chi connectivity index (χ1n) is 3.81. The molecule has 0 aliphatic rings. The van der Waals surface area contributed by atoms with Crippen LogP contribution in [0.25, 0.3) is 0 Å². The fourth-order valence-electron chi connectivity index (χ4n) is 0.717. The van der Waals surface area contributed by atoms with Crippen LogP contribution in [-0.2, 0) is 19.4 Å². The van der Waals surface area contributed by atoms with Gasteiger partial charge >= 0.3 is 5.97 Å². The van der Waals surface area contributed by atoms with Gasteiger partial charge < -0.3 is 10.8 Å². The zero-order valence-corrected chi connectivity index (χ0v) is 8.96. The minimum atomic E-state index is -4.11. The zero-order chi connectivity index (χ0) is 11.7. The number of carbonyl (C=O) groups excluding carboxylic acids is 1. The Kier molecular flexibility index (Phi) is 3.28. The predicted molar refractivity (Wildman–Crippen MR) is 49.3 cm³/mol. The molecule has 1 amide bonds. The molecule has 82 valence electrons. The minimum absolute atomic E-state index is 1.02. The molecule has 0 heterocycles. The number of carbonyl (C=O) groups is 2. The van der Waals surface area contributed by atoms with E-state index >= 15 is 0 Å². The maximum atomic E-state index is 11.6. The summed E-state index contributed by atoms with van der Waals surface area (Å²) in [5, 5.41) is 7.17. The summed E-state index contributed by atoms with van der Waals surface area (Å²) in [5.74, 6) is -2.56. The van der Waals surface area contributed by atoms with Gasteiger partial charge in [0.2, 0.25) is 5.91 Å². The quantitative estimate of drug-likeness (QED) is 0.643. The Balaban J connectivity index is 5.38. The standard InChI is InChI=1S/C7H13NO5S/c1-4(5(8)9)14(12,13)7(2,3)6(10)11/h4H,1-3H3,(H2,8,9)(H,10,11). The Bertz CT molecular complexity index is 356. The van der Waals surface area contributed by atoms with Gasteiger partial charge in [-0.3, -0.25) is 9.59 Å². The summed E-state index contributed by atoms with van der Waals surface area (Å²) in [6, 6.07) is 0. The van der Waals surface area contributed by atoms with Crippen LogP contribution in [0, 0.1) is 0 Å². The van der Waals surface area contributed by atoms with Gasteiger partial charge in [0.25, 0.3) is 0 Å². The van der Waals surface area contributed by atoms with Crippen LogP contribution in [-0.4, -0.2) is 35.4 Å². The molecule has 14 heavy (non-hydrogen) atoms. The lowest BCUT2D eigenvalue weighted by atomic mass is 10.2. The molecule has 0 aromatic carbocycles. The molecule has 1 atom stereocenters. The zero-order valence-electron chi connectivity index (χ0n) is 8.14.